The number of carbonyl (C=O) groups is 2. The van der Waals surface area contributed by atoms with Crippen molar-refractivity contribution in [1.29, 1.82) is 0 Å². The first-order valence-electron chi connectivity index (χ1n) is 8.57. The van der Waals surface area contributed by atoms with Gasteiger partial charge in [0.25, 0.3) is 0 Å². The monoisotopic (exact) mass is 797 g/mol. The van der Waals surface area contributed by atoms with Crippen LogP contribution in [0, 0.1) is 100.0 Å². The second-order valence-electron chi connectivity index (χ2n) is 7.43. The molecule has 0 bridgehead atoms. The molecule has 26 heavy (non-hydrogen) atoms. The number of hydrogen-bond acceptors (Lipinski definition) is 5. The largest absolute Gasteiger partial charge is 0.674 e. The summed E-state index contributed by atoms with van der Waals surface area (Å²) in [5.74, 6) is -1.76. The number of nitrogens with one attached hydrogen (secondary N) is 2. The summed E-state index contributed by atoms with van der Waals surface area (Å²) in [5, 5.41) is 13.3. The first-order valence-corrected chi connectivity index (χ1v) is 8.57. The second kappa shape index (κ2) is 13.7. The van der Waals surface area contributed by atoms with Crippen molar-refractivity contribution in [1.82, 2.24) is 5.32 Å². The van der Waals surface area contributed by atoms with Gasteiger partial charge in [0, 0.05) is 94.2 Å². The molecule has 0 aliphatic heterocycles. The third-order valence-electron chi connectivity index (χ3n) is 4.32. The van der Waals surface area contributed by atoms with Crippen LogP contribution in [-0.4, -0.2) is 48.1 Å². The Hall–Kier alpha value is 1.54. The van der Waals surface area contributed by atoms with Crippen LogP contribution in [0.2, 0.25) is 0 Å². The van der Waals surface area contributed by atoms with Gasteiger partial charge in [0.2, 0.25) is 0 Å². The summed E-state index contributed by atoms with van der Waals surface area (Å²) in [6.45, 7) is 7.32. The standard InChI is InChI=1S/C17H31N2O5.2Ac/c1-6-7-8-11(18)13-12(19-16(22)24-17(2,3)4)9-10(14(13)20)15(21)23-5;;/h10-14,18,20H,6-9H2,1-5H3,(H,19,22);;/q-1;;. The van der Waals surface area contributed by atoms with E-state index in [4.69, 9.17) is 15.2 Å². The van der Waals surface area contributed by atoms with Crippen LogP contribution >= 0.6 is 0 Å². The van der Waals surface area contributed by atoms with E-state index in [1.807, 2.05) is 6.92 Å². The molecule has 1 amide bonds. The molecule has 0 aromatic heterocycles. The van der Waals surface area contributed by atoms with Crippen LogP contribution in [-0.2, 0) is 14.3 Å². The smallest absolute Gasteiger partial charge is 0.407 e. The van der Waals surface area contributed by atoms with Gasteiger partial charge in [-0.15, -0.1) is 6.04 Å². The summed E-state index contributed by atoms with van der Waals surface area (Å²) >= 11 is 0. The molecule has 0 heterocycles. The maximum Gasteiger partial charge on any atom is 0.407 e. The molecule has 3 N–H and O–H groups in total. The fraction of sp³-hybridized carbons (Fsp3) is 0.882. The van der Waals surface area contributed by atoms with Gasteiger partial charge in [-0.1, -0.05) is 26.2 Å². The number of amides is 1. The first kappa shape index (κ1) is 29.7. The molecule has 1 aliphatic rings. The second-order valence-corrected chi connectivity index (χ2v) is 7.43. The third-order valence-corrected chi connectivity index (χ3v) is 4.32. The minimum Gasteiger partial charge on any atom is -0.674 e. The summed E-state index contributed by atoms with van der Waals surface area (Å²) < 4.78 is 10.0. The van der Waals surface area contributed by atoms with E-state index in [2.05, 4.69) is 5.32 Å². The molecule has 0 saturated heterocycles. The van der Waals surface area contributed by atoms with Gasteiger partial charge in [0.15, 0.2) is 0 Å². The van der Waals surface area contributed by atoms with Gasteiger partial charge >= 0.3 is 12.1 Å². The van der Waals surface area contributed by atoms with E-state index < -0.39 is 47.7 Å². The van der Waals surface area contributed by atoms with Crippen molar-refractivity contribution in [3.8, 4) is 0 Å². The zero-order chi connectivity index (χ0) is 18.5. The van der Waals surface area contributed by atoms with E-state index >= 15 is 0 Å². The molecule has 2 radical (unpaired) electrons. The van der Waals surface area contributed by atoms with Crippen molar-refractivity contribution >= 4 is 12.1 Å². The van der Waals surface area contributed by atoms with Crippen molar-refractivity contribution in [3.63, 3.8) is 0 Å². The van der Waals surface area contributed by atoms with Crippen LogP contribution in [0.4, 0.5) is 4.79 Å². The predicted molar refractivity (Wildman–Crippen MR) is 90.4 cm³/mol. The maximum atomic E-state index is 12.1. The summed E-state index contributed by atoms with van der Waals surface area (Å²) in [6.07, 6.45) is 1.06. The Morgan fingerprint density at radius 1 is 1.31 bits per heavy atom. The number of ether oxygens (including phenoxy) is 2. The number of aliphatic hydroxyl groups is 1. The van der Waals surface area contributed by atoms with E-state index in [1.54, 1.807) is 20.8 Å². The Morgan fingerprint density at radius 3 is 2.35 bits per heavy atom. The number of rotatable bonds is 6. The van der Waals surface area contributed by atoms with Gasteiger partial charge in [-0.25, -0.2) is 4.79 Å². The Balaban J connectivity index is 0. The molecule has 1 saturated carbocycles. The maximum absolute atomic E-state index is 12.1. The quantitative estimate of drug-likeness (QED) is 0.403. The molecule has 146 valence electrons. The number of carbonyl (C=O) groups excluding carboxylic acids is 2. The van der Waals surface area contributed by atoms with Crippen molar-refractivity contribution in [2.75, 3.05) is 7.11 Å². The number of esters is 1. The number of methoxy groups -OCH3 is 1. The van der Waals surface area contributed by atoms with Gasteiger partial charge in [0.1, 0.15) is 5.60 Å². The molecule has 0 spiro atoms. The molecule has 0 aromatic rings. The molecule has 0 aromatic carbocycles. The van der Waals surface area contributed by atoms with Crippen LogP contribution in [0.5, 0.6) is 0 Å². The third kappa shape index (κ3) is 9.36. The van der Waals surface area contributed by atoms with E-state index in [9.17, 15) is 14.7 Å². The molecule has 7 nitrogen and oxygen atoms in total. The van der Waals surface area contributed by atoms with Crippen LogP contribution in [0.25, 0.3) is 5.73 Å². The molecule has 5 atom stereocenters. The summed E-state index contributed by atoms with van der Waals surface area (Å²) in [5.41, 5.74) is 7.70. The summed E-state index contributed by atoms with van der Waals surface area (Å²) in [7, 11) is 1.27. The predicted octanol–water partition coefficient (Wildman–Crippen LogP) is 2.66. The van der Waals surface area contributed by atoms with Crippen molar-refractivity contribution in [2.24, 2.45) is 11.8 Å². The molecule has 1 fully saturated rings. The Labute approximate surface area is 228 Å². The zero-order valence-electron chi connectivity index (χ0n) is 16.5. The van der Waals surface area contributed by atoms with Crippen LogP contribution < -0.4 is 5.32 Å². The van der Waals surface area contributed by atoms with Crippen LogP contribution in [0.15, 0.2) is 0 Å². The average Bonchev–Trinajstić information content (AvgIpc) is 2.78. The van der Waals surface area contributed by atoms with Gasteiger partial charge in [-0.3, -0.25) is 4.79 Å². The Morgan fingerprint density at radius 2 is 1.88 bits per heavy atom. The summed E-state index contributed by atoms with van der Waals surface area (Å²) in [4.78, 5) is 23.9. The van der Waals surface area contributed by atoms with Crippen molar-refractivity contribution in [3.05, 3.63) is 5.73 Å². The summed E-state index contributed by atoms with van der Waals surface area (Å²) in [6, 6.07) is -1.05. The molecular formula is C17H31Ac2N2O5-. The van der Waals surface area contributed by atoms with E-state index in [1.165, 1.54) is 7.11 Å². The molecule has 9 heteroatoms. The topological polar surface area (TPSA) is 109 Å². The molecular weight excluding hydrogens is 766 g/mol. The Bertz CT molecular complexity index is 445. The van der Waals surface area contributed by atoms with Crippen molar-refractivity contribution < 1.29 is 112 Å². The van der Waals surface area contributed by atoms with Gasteiger partial charge in [0.05, 0.1) is 19.1 Å². The van der Waals surface area contributed by atoms with Gasteiger partial charge in [-0.05, 0) is 33.1 Å². The normalized spacial score (nSPS) is 26.1. The SMILES string of the molecule is CCCCC([NH-])C1C(NC(=O)OC(C)(C)C)CC(C(=O)OC)C1O.[Ac].[Ac]. The van der Waals surface area contributed by atoms with Gasteiger partial charge in [-0.2, -0.15) is 0 Å². The minimum absolute atomic E-state index is 0. The van der Waals surface area contributed by atoms with Crippen LogP contribution in [0.1, 0.15) is 53.4 Å². The number of unbranched alkanes of at least 4 members (excludes halogenated alkanes) is 1. The number of hydrogen-bond donors (Lipinski definition) is 2. The average molecular weight is 797 g/mol. The van der Waals surface area contributed by atoms with Gasteiger partial charge < -0.3 is 25.6 Å². The molecule has 1 rings (SSSR count). The van der Waals surface area contributed by atoms with Crippen molar-refractivity contribution in [2.45, 2.75) is 77.2 Å². The molecule has 1 aliphatic carbocycles. The fourth-order valence-electron chi connectivity index (χ4n) is 3.21. The zero-order valence-corrected chi connectivity index (χ0v) is 25.9. The molecule has 5 unspecified atom stereocenters. The number of alkyl carbamates (subject to hydrolysis) is 1. The first-order chi connectivity index (χ1) is 11.1. The Kier molecular flexibility index (Phi) is 15.7. The number of aliphatic hydroxyl groups excluding tert-OH is 1. The van der Waals surface area contributed by atoms with Crippen LogP contribution in [0.3, 0.4) is 0 Å². The van der Waals surface area contributed by atoms with E-state index in [0.29, 0.717) is 6.42 Å². The van der Waals surface area contributed by atoms with E-state index in [0.717, 1.165) is 12.8 Å². The fourth-order valence-corrected chi connectivity index (χ4v) is 3.21. The minimum atomic E-state index is -1.00. The van der Waals surface area contributed by atoms with E-state index in [-0.39, 0.29) is 94.5 Å².